The summed E-state index contributed by atoms with van der Waals surface area (Å²) < 4.78 is 5.41. The van der Waals surface area contributed by atoms with Gasteiger partial charge in [0.2, 0.25) is 5.89 Å². The Bertz CT molecular complexity index is 1070. The molecule has 2 aliphatic rings. The molecule has 1 aromatic heterocycles. The molecule has 0 spiro atoms. The number of amides is 1. The zero-order valence-corrected chi connectivity index (χ0v) is 20.1. The molecule has 5 rings (SSSR count). The normalized spacial score (nSPS) is 22.6. The summed E-state index contributed by atoms with van der Waals surface area (Å²) in [6, 6.07) is 18.8. The Morgan fingerprint density at radius 1 is 1.06 bits per heavy atom. The monoisotopic (exact) mass is 474 g/mol. The van der Waals surface area contributed by atoms with Crippen molar-refractivity contribution in [1.82, 2.24) is 15.2 Å². The minimum Gasteiger partial charge on any atom is -0.465 e. The Kier molecular flexibility index (Phi) is 7.33. The first-order valence-electron chi connectivity index (χ1n) is 12.7. The Balaban J connectivity index is 1.25. The average molecular weight is 475 g/mol. The summed E-state index contributed by atoms with van der Waals surface area (Å²) in [5.74, 6) is 0.636. The number of hydrogen-bond acceptors (Lipinski definition) is 5. The standard InChI is InChI=1S/C28H34N4O3/c33-28(34)32(19-21-7-2-1-3-8-21)26-11-5-4-10-25(26)30-23-9-6-17-31(20-23)24-14-12-22(13-15-24)27-29-16-18-35-27/h1-3,7-8,12-16,18,23,25-26,30H,4-6,9-11,17,19-20H2,(H,33,34)/t23-,25+,26+/m0/s1. The molecule has 2 aromatic carbocycles. The third kappa shape index (κ3) is 5.68. The third-order valence-corrected chi connectivity index (χ3v) is 7.35. The molecule has 7 heteroatoms. The molecule has 1 amide bonds. The van der Waals surface area contributed by atoms with Gasteiger partial charge in [0.1, 0.15) is 6.26 Å². The van der Waals surface area contributed by atoms with Crippen LogP contribution < -0.4 is 10.2 Å². The lowest BCUT2D eigenvalue weighted by Gasteiger charge is -2.43. The average Bonchev–Trinajstić information content (AvgIpc) is 3.44. The van der Waals surface area contributed by atoms with E-state index in [4.69, 9.17) is 4.42 Å². The number of piperidine rings is 1. The number of nitrogens with zero attached hydrogens (tertiary/aromatic N) is 3. The summed E-state index contributed by atoms with van der Waals surface area (Å²) in [5, 5.41) is 14.0. The fraction of sp³-hybridized carbons (Fsp3) is 0.429. The van der Waals surface area contributed by atoms with E-state index in [2.05, 4.69) is 39.5 Å². The van der Waals surface area contributed by atoms with Crippen molar-refractivity contribution in [2.24, 2.45) is 0 Å². The van der Waals surface area contributed by atoms with Gasteiger partial charge in [0, 0.05) is 43.0 Å². The number of nitrogens with one attached hydrogen (secondary N) is 1. The van der Waals surface area contributed by atoms with Crippen LogP contribution in [0, 0.1) is 0 Å². The van der Waals surface area contributed by atoms with Gasteiger partial charge in [-0.3, -0.25) is 4.90 Å². The number of hydrogen-bond donors (Lipinski definition) is 2. The van der Waals surface area contributed by atoms with E-state index in [1.807, 2.05) is 30.3 Å². The van der Waals surface area contributed by atoms with Crippen LogP contribution in [0.2, 0.25) is 0 Å². The minimum atomic E-state index is -0.830. The van der Waals surface area contributed by atoms with Crippen molar-refractivity contribution in [3.63, 3.8) is 0 Å². The first kappa shape index (κ1) is 23.4. The fourth-order valence-corrected chi connectivity index (χ4v) is 5.62. The quantitative estimate of drug-likeness (QED) is 0.478. The van der Waals surface area contributed by atoms with Crippen molar-refractivity contribution in [2.45, 2.75) is 63.2 Å². The zero-order valence-electron chi connectivity index (χ0n) is 20.1. The smallest absolute Gasteiger partial charge is 0.407 e. The van der Waals surface area contributed by atoms with Crippen LogP contribution in [0.3, 0.4) is 0 Å². The lowest BCUT2D eigenvalue weighted by atomic mass is 9.87. The molecule has 7 nitrogen and oxygen atoms in total. The number of oxazole rings is 1. The first-order valence-corrected chi connectivity index (χ1v) is 12.7. The van der Waals surface area contributed by atoms with Gasteiger partial charge in [-0.25, -0.2) is 9.78 Å². The van der Waals surface area contributed by atoms with Crippen molar-refractivity contribution >= 4 is 11.8 Å². The van der Waals surface area contributed by atoms with E-state index >= 15 is 0 Å². The van der Waals surface area contributed by atoms with Crippen molar-refractivity contribution in [1.29, 1.82) is 0 Å². The summed E-state index contributed by atoms with van der Waals surface area (Å²) in [7, 11) is 0. The summed E-state index contributed by atoms with van der Waals surface area (Å²) in [4.78, 5) is 20.6. The maximum atomic E-state index is 12.3. The first-order chi connectivity index (χ1) is 17.2. The van der Waals surface area contributed by atoms with Crippen LogP contribution in [0.1, 0.15) is 44.1 Å². The second-order valence-corrected chi connectivity index (χ2v) is 9.69. The summed E-state index contributed by atoms with van der Waals surface area (Å²) in [6.07, 6.45) is 8.80. The fourth-order valence-electron chi connectivity index (χ4n) is 5.62. The lowest BCUT2D eigenvalue weighted by Crippen LogP contribution is -2.58. The molecule has 3 atom stereocenters. The molecule has 184 valence electrons. The van der Waals surface area contributed by atoms with Gasteiger partial charge in [0.05, 0.1) is 12.2 Å². The third-order valence-electron chi connectivity index (χ3n) is 7.35. The highest BCUT2D eigenvalue weighted by Gasteiger charge is 2.35. The molecule has 2 fully saturated rings. The van der Waals surface area contributed by atoms with E-state index in [1.165, 1.54) is 5.69 Å². The van der Waals surface area contributed by atoms with E-state index in [0.717, 1.165) is 62.7 Å². The van der Waals surface area contributed by atoms with Gasteiger partial charge in [0.15, 0.2) is 0 Å². The van der Waals surface area contributed by atoms with Crippen LogP contribution in [-0.2, 0) is 6.54 Å². The van der Waals surface area contributed by atoms with Gasteiger partial charge in [-0.05, 0) is 55.5 Å². The number of rotatable bonds is 7. The summed E-state index contributed by atoms with van der Waals surface area (Å²) in [5.41, 5.74) is 3.21. The molecule has 0 radical (unpaired) electrons. The highest BCUT2D eigenvalue weighted by atomic mass is 16.4. The highest BCUT2D eigenvalue weighted by molar-refractivity contribution is 5.65. The topological polar surface area (TPSA) is 81.8 Å². The number of aromatic nitrogens is 1. The van der Waals surface area contributed by atoms with E-state index in [9.17, 15) is 9.90 Å². The van der Waals surface area contributed by atoms with Crippen molar-refractivity contribution in [3.8, 4) is 11.5 Å². The molecule has 2 heterocycles. The number of anilines is 1. The second kappa shape index (κ2) is 11.0. The number of carbonyl (C=O) groups is 1. The van der Waals surface area contributed by atoms with Gasteiger partial charge in [0.25, 0.3) is 0 Å². The van der Waals surface area contributed by atoms with Crippen molar-refractivity contribution in [3.05, 3.63) is 72.6 Å². The number of carboxylic acid groups (broad SMARTS) is 1. The molecule has 0 unspecified atom stereocenters. The van der Waals surface area contributed by atoms with E-state index < -0.39 is 6.09 Å². The van der Waals surface area contributed by atoms with Crippen LogP contribution in [0.5, 0.6) is 0 Å². The van der Waals surface area contributed by atoms with Gasteiger partial charge < -0.3 is 19.7 Å². The Morgan fingerprint density at radius 3 is 2.60 bits per heavy atom. The lowest BCUT2D eigenvalue weighted by molar-refractivity contribution is 0.0874. The number of benzene rings is 2. The van der Waals surface area contributed by atoms with Crippen LogP contribution in [0.4, 0.5) is 10.5 Å². The summed E-state index contributed by atoms with van der Waals surface area (Å²) >= 11 is 0. The van der Waals surface area contributed by atoms with Crippen LogP contribution >= 0.6 is 0 Å². The molecule has 1 saturated carbocycles. The van der Waals surface area contributed by atoms with Gasteiger partial charge in [-0.1, -0.05) is 43.2 Å². The van der Waals surface area contributed by atoms with Gasteiger partial charge >= 0.3 is 6.09 Å². The largest absolute Gasteiger partial charge is 0.465 e. The SMILES string of the molecule is O=C(O)N(Cc1ccccc1)[C@@H]1CCCC[C@H]1N[C@H]1CCCN(c2ccc(-c3ncco3)cc2)C1. The molecule has 1 aliphatic carbocycles. The molecule has 35 heavy (non-hydrogen) atoms. The predicted octanol–water partition coefficient (Wildman–Crippen LogP) is 5.39. The Morgan fingerprint density at radius 2 is 1.86 bits per heavy atom. The van der Waals surface area contributed by atoms with Gasteiger partial charge in [-0.15, -0.1) is 0 Å². The predicted molar refractivity (Wildman–Crippen MR) is 136 cm³/mol. The molecular formula is C28H34N4O3. The van der Waals surface area contributed by atoms with Crippen molar-refractivity contribution < 1.29 is 14.3 Å². The molecule has 0 bridgehead atoms. The Hall–Kier alpha value is -3.32. The molecular weight excluding hydrogens is 440 g/mol. The maximum Gasteiger partial charge on any atom is 0.407 e. The molecule has 1 saturated heterocycles. The molecule has 1 aliphatic heterocycles. The summed E-state index contributed by atoms with van der Waals surface area (Å²) in [6.45, 7) is 2.39. The maximum absolute atomic E-state index is 12.3. The highest BCUT2D eigenvalue weighted by Crippen LogP contribution is 2.28. The van der Waals surface area contributed by atoms with Gasteiger partial charge in [-0.2, -0.15) is 0 Å². The van der Waals surface area contributed by atoms with Crippen molar-refractivity contribution in [2.75, 3.05) is 18.0 Å². The van der Waals surface area contributed by atoms with Crippen LogP contribution in [0.25, 0.3) is 11.5 Å². The van der Waals surface area contributed by atoms with E-state index in [1.54, 1.807) is 17.4 Å². The van der Waals surface area contributed by atoms with E-state index in [-0.39, 0.29) is 12.1 Å². The molecule has 2 N–H and O–H groups in total. The van der Waals surface area contributed by atoms with Crippen LogP contribution in [0.15, 0.2) is 71.5 Å². The molecule has 3 aromatic rings. The minimum absolute atomic E-state index is 0.00286. The van der Waals surface area contributed by atoms with Crippen LogP contribution in [-0.4, -0.2) is 52.3 Å². The van der Waals surface area contributed by atoms with E-state index in [0.29, 0.717) is 18.5 Å². The second-order valence-electron chi connectivity index (χ2n) is 9.69. The zero-order chi connectivity index (χ0) is 24.0. The Labute approximate surface area is 206 Å².